The van der Waals surface area contributed by atoms with E-state index >= 15 is 0 Å². The highest BCUT2D eigenvalue weighted by Gasteiger charge is 2.19. The summed E-state index contributed by atoms with van der Waals surface area (Å²) in [7, 11) is 2.03. The summed E-state index contributed by atoms with van der Waals surface area (Å²) in [5.41, 5.74) is 2.31. The van der Waals surface area contributed by atoms with Gasteiger partial charge in [-0.25, -0.2) is 4.98 Å². The van der Waals surface area contributed by atoms with E-state index in [9.17, 15) is 0 Å². The van der Waals surface area contributed by atoms with Crippen LogP contribution in [0.15, 0.2) is 52.6 Å². The summed E-state index contributed by atoms with van der Waals surface area (Å²) in [6.45, 7) is 2.09. The second-order valence-corrected chi connectivity index (χ2v) is 6.79. The molecule has 1 aromatic carbocycles. The van der Waals surface area contributed by atoms with Crippen LogP contribution in [-0.2, 0) is 7.05 Å². The number of aryl methyl sites for hydroxylation is 2. The van der Waals surface area contributed by atoms with Crippen LogP contribution in [0.1, 0.15) is 22.3 Å². The summed E-state index contributed by atoms with van der Waals surface area (Å²) in [6.07, 6.45) is 3.81. The molecule has 1 atom stereocenters. The van der Waals surface area contributed by atoms with Gasteiger partial charge in [-0.2, -0.15) is 0 Å². The van der Waals surface area contributed by atoms with Gasteiger partial charge in [0.15, 0.2) is 0 Å². The van der Waals surface area contributed by atoms with Crippen LogP contribution < -0.4 is 5.32 Å². The molecule has 0 radical (unpaired) electrons. The Balaban J connectivity index is 1.97. The molecule has 0 aliphatic heterocycles. The van der Waals surface area contributed by atoms with Gasteiger partial charge < -0.3 is 9.88 Å². The quantitative estimate of drug-likeness (QED) is 0.726. The minimum atomic E-state index is 0.0607. The molecule has 0 saturated heterocycles. The molecule has 3 aromatic rings. The standard InChI is InChI=1S/C16H16BrN3S/c1-11-10-12(5-6-13(11)17)19-15(14-4-3-9-21-14)16-18-7-8-20(16)2/h3-10,15,19H,1-2H3. The first-order chi connectivity index (χ1) is 10.1. The van der Waals surface area contributed by atoms with Gasteiger partial charge in [0.2, 0.25) is 0 Å². The summed E-state index contributed by atoms with van der Waals surface area (Å²) in [5.74, 6) is 1.01. The maximum absolute atomic E-state index is 4.51. The number of aromatic nitrogens is 2. The van der Waals surface area contributed by atoms with Crippen molar-refractivity contribution in [2.75, 3.05) is 5.32 Å². The van der Waals surface area contributed by atoms with E-state index < -0.39 is 0 Å². The zero-order chi connectivity index (χ0) is 14.8. The smallest absolute Gasteiger partial charge is 0.136 e. The molecular weight excluding hydrogens is 346 g/mol. The third-order valence-electron chi connectivity index (χ3n) is 3.41. The first-order valence-electron chi connectivity index (χ1n) is 6.68. The summed E-state index contributed by atoms with van der Waals surface area (Å²) in [6, 6.07) is 10.6. The molecule has 108 valence electrons. The third kappa shape index (κ3) is 3.04. The Hall–Kier alpha value is -1.59. The van der Waals surface area contributed by atoms with Crippen LogP contribution in [-0.4, -0.2) is 9.55 Å². The molecule has 5 heteroatoms. The van der Waals surface area contributed by atoms with E-state index in [1.165, 1.54) is 10.4 Å². The minimum absolute atomic E-state index is 0.0607. The van der Waals surface area contributed by atoms with Crippen LogP contribution in [0.2, 0.25) is 0 Å². The lowest BCUT2D eigenvalue weighted by molar-refractivity contribution is 0.756. The zero-order valence-corrected chi connectivity index (χ0v) is 14.3. The van der Waals surface area contributed by atoms with Crippen molar-refractivity contribution in [1.82, 2.24) is 9.55 Å². The van der Waals surface area contributed by atoms with Crippen LogP contribution in [0.5, 0.6) is 0 Å². The van der Waals surface area contributed by atoms with Gasteiger partial charge in [-0.3, -0.25) is 0 Å². The Bertz CT molecular complexity index is 734. The first-order valence-corrected chi connectivity index (χ1v) is 8.36. The SMILES string of the molecule is Cc1cc(NC(c2cccs2)c2nccn2C)ccc1Br. The van der Waals surface area contributed by atoms with Gasteiger partial charge in [0, 0.05) is 34.5 Å². The Morgan fingerprint density at radius 3 is 2.81 bits per heavy atom. The number of rotatable bonds is 4. The molecule has 2 heterocycles. The Morgan fingerprint density at radius 1 is 1.33 bits per heavy atom. The fourth-order valence-electron chi connectivity index (χ4n) is 2.27. The van der Waals surface area contributed by atoms with Crippen molar-refractivity contribution in [1.29, 1.82) is 0 Å². The second-order valence-electron chi connectivity index (χ2n) is 4.95. The number of nitrogens with one attached hydrogen (secondary N) is 1. The van der Waals surface area contributed by atoms with E-state index in [1.54, 1.807) is 11.3 Å². The highest BCUT2D eigenvalue weighted by molar-refractivity contribution is 9.10. The predicted octanol–water partition coefficient (Wildman–Crippen LogP) is 4.75. The van der Waals surface area contributed by atoms with Crippen molar-refractivity contribution >= 4 is 33.0 Å². The topological polar surface area (TPSA) is 29.9 Å². The average molecular weight is 362 g/mol. The van der Waals surface area contributed by atoms with E-state index in [0.717, 1.165) is 16.0 Å². The normalized spacial score (nSPS) is 12.3. The maximum atomic E-state index is 4.51. The molecule has 0 aliphatic rings. The molecule has 0 fully saturated rings. The summed E-state index contributed by atoms with van der Waals surface area (Å²) in [4.78, 5) is 5.76. The van der Waals surface area contributed by atoms with E-state index in [1.807, 2.05) is 19.4 Å². The van der Waals surface area contributed by atoms with Gasteiger partial charge in [0.25, 0.3) is 0 Å². The van der Waals surface area contributed by atoms with Crippen LogP contribution in [0.4, 0.5) is 5.69 Å². The van der Waals surface area contributed by atoms with Crippen LogP contribution in [0.3, 0.4) is 0 Å². The minimum Gasteiger partial charge on any atom is -0.371 e. The van der Waals surface area contributed by atoms with Crippen LogP contribution >= 0.6 is 27.3 Å². The number of thiophene rings is 1. The van der Waals surface area contributed by atoms with Crippen LogP contribution in [0.25, 0.3) is 0 Å². The molecule has 1 N–H and O–H groups in total. The molecule has 1 unspecified atom stereocenters. The number of imidazole rings is 1. The zero-order valence-electron chi connectivity index (χ0n) is 11.9. The molecule has 2 aromatic heterocycles. The fourth-order valence-corrected chi connectivity index (χ4v) is 3.29. The number of nitrogens with zero attached hydrogens (tertiary/aromatic N) is 2. The van der Waals surface area contributed by atoms with Crippen molar-refractivity contribution in [2.45, 2.75) is 13.0 Å². The van der Waals surface area contributed by atoms with Crippen molar-refractivity contribution in [3.8, 4) is 0 Å². The van der Waals surface area contributed by atoms with E-state index in [-0.39, 0.29) is 6.04 Å². The molecule has 0 spiro atoms. The van der Waals surface area contributed by atoms with Crippen molar-refractivity contribution in [3.63, 3.8) is 0 Å². The number of hydrogen-bond donors (Lipinski definition) is 1. The average Bonchev–Trinajstić information content (AvgIpc) is 3.12. The summed E-state index contributed by atoms with van der Waals surface area (Å²) < 4.78 is 3.18. The molecular formula is C16H16BrN3S. The molecule has 3 rings (SSSR count). The first kappa shape index (κ1) is 14.4. The molecule has 0 amide bonds. The predicted molar refractivity (Wildman–Crippen MR) is 91.9 cm³/mol. The highest BCUT2D eigenvalue weighted by atomic mass is 79.9. The molecule has 21 heavy (non-hydrogen) atoms. The lowest BCUT2D eigenvalue weighted by Crippen LogP contribution is -2.15. The van der Waals surface area contributed by atoms with Crippen molar-refractivity contribution in [2.24, 2.45) is 7.05 Å². The number of halogens is 1. The Labute approximate surface area is 136 Å². The van der Waals surface area contributed by atoms with Gasteiger partial charge in [-0.05, 0) is 42.1 Å². The van der Waals surface area contributed by atoms with Gasteiger partial charge in [-0.15, -0.1) is 11.3 Å². The van der Waals surface area contributed by atoms with Crippen molar-refractivity contribution < 1.29 is 0 Å². The van der Waals surface area contributed by atoms with Gasteiger partial charge >= 0.3 is 0 Å². The molecule has 0 saturated carbocycles. The van der Waals surface area contributed by atoms with Crippen molar-refractivity contribution in [3.05, 3.63) is 68.8 Å². The fraction of sp³-hybridized carbons (Fsp3) is 0.188. The van der Waals surface area contributed by atoms with E-state index in [0.29, 0.717) is 0 Å². The number of benzene rings is 1. The molecule has 0 bridgehead atoms. The lowest BCUT2D eigenvalue weighted by Gasteiger charge is -2.19. The monoisotopic (exact) mass is 361 g/mol. The Kier molecular flexibility index (Phi) is 4.12. The second kappa shape index (κ2) is 6.03. The van der Waals surface area contributed by atoms with Gasteiger partial charge in [-0.1, -0.05) is 22.0 Å². The van der Waals surface area contributed by atoms with E-state index in [2.05, 4.69) is 73.4 Å². The summed E-state index contributed by atoms with van der Waals surface area (Å²) in [5, 5.41) is 5.70. The molecule has 3 nitrogen and oxygen atoms in total. The Morgan fingerprint density at radius 2 is 2.19 bits per heavy atom. The largest absolute Gasteiger partial charge is 0.371 e. The number of anilines is 1. The summed E-state index contributed by atoms with van der Waals surface area (Å²) >= 11 is 5.28. The number of hydrogen-bond acceptors (Lipinski definition) is 3. The van der Waals surface area contributed by atoms with Gasteiger partial charge in [0.05, 0.1) is 0 Å². The lowest BCUT2D eigenvalue weighted by atomic mass is 10.1. The highest BCUT2D eigenvalue weighted by Crippen LogP contribution is 2.30. The van der Waals surface area contributed by atoms with Crippen LogP contribution in [0, 0.1) is 6.92 Å². The maximum Gasteiger partial charge on any atom is 0.136 e. The molecule has 0 aliphatic carbocycles. The van der Waals surface area contributed by atoms with Gasteiger partial charge in [0.1, 0.15) is 11.9 Å². The van der Waals surface area contributed by atoms with E-state index in [4.69, 9.17) is 0 Å². The third-order valence-corrected chi connectivity index (χ3v) is 5.24.